The van der Waals surface area contributed by atoms with Gasteiger partial charge in [-0.25, -0.2) is 4.98 Å². The SMILES string of the molecule is [2H]c1nc(B2OC(C)(C)C(C)(C)O2)c([2H])nc1Cl. The number of halogens is 1. The third-order valence-corrected chi connectivity index (χ3v) is 3.18. The zero-order chi connectivity index (χ0) is 13.7. The van der Waals surface area contributed by atoms with E-state index in [0.717, 1.165) is 0 Å². The lowest BCUT2D eigenvalue weighted by atomic mass is 9.85. The number of nitrogens with zero attached hydrogens (tertiary/aromatic N) is 2. The van der Waals surface area contributed by atoms with Gasteiger partial charge in [-0.1, -0.05) is 11.6 Å². The highest BCUT2D eigenvalue weighted by Gasteiger charge is 2.52. The molecular weight excluding hydrogens is 226 g/mol. The average Bonchev–Trinajstić information content (AvgIpc) is 2.42. The zero-order valence-electron chi connectivity index (χ0n) is 11.7. The van der Waals surface area contributed by atoms with E-state index in [1.54, 1.807) is 0 Å². The fourth-order valence-corrected chi connectivity index (χ4v) is 1.41. The van der Waals surface area contributed by atoms with Crippen LogP contribution in [-0.4, -0.2) is 28.3 Å². The van der Waals surface area contributed by atoms with Crippen molar-refractivity contribution in [2.24, 2.45) is 0 Å². The van der Waals surface area contributed by atoms with Crippen molar-refractivity contribution >= 4 is 24.3 Å². The second-order valence-electron chi connectivity index (χ2n) is 4.71. The van der Waals surface area contributed by atoms with Crippen LogP contribution in [0.25, 0.3) is 0 Å². The van der Waals surface area contributed by atoms with E-state index in [0.29, 0.717) is 0 Å². The second kappa shape index (κ2) is 3.69. The van der Waals surface area contributed by atoms with Crippen molar-refractivity contribution < 1.29 is 12.1 Å². The van der Waals surface area contributed by atoms with Gasteiger partial charge in [0.25, 0.3) is 0 Å². The third-order valence-electron chi connectivity index (χ3n) is 3.01. The van der Waals surface area contributed by atoms with Crippen LogP contribution in [-0.2, 0) is 9.31 Å². The molecule has 0 spiro atoms. The normalized spacial score (nSPS) is 24.2. The Bertz CT molecular complexity index is 483. The largest absolute Gasteiger partial charge is 0.516 e. The second-order valence-corrected chi connectivity index (χ2v) is 5.07. The van der Waals surface area contributed by atoms with E-state index >= 15 is 0 Å². The van der Waals surface area contributed by atoms with Gasteiger partial charge in [-0.3, -0.25) is 4.98 Å². The summed E-state index contributed by atoms with van der Waals surface area (Å²) in [5.74, 6) is 0. The summed E-state index contributed by atoms with van der Waals surface area (Å²) >= 11 is 5.64. The van der Waals surface area contributed by atoms with E-state index in [-0.39, 0.29) is 23.1 Å². The Hall–Kier alpha value is -0.645. The van der Waals surface area contributed by atoms with E-state index in [9.17, 15) is 0 Å². The molecule has 1 saturated heterocycles. The Morgan fingerprint density at radius 2 is 1.75 bits per heavy atom. The first kappa shape index (κ1) is 9.39. The summed E-state index contributed by atoms with van der Waals surface area (Å²) in [4.78, 5) is 7.66. The quantitative estimate of drug-likeness (QED) is 0.699. The van der Waals surface area contributed by atoms with Crippen molar-refractivity contribution in [1.29, 1.82) is 0 Å². The Balaban J connectivity index is 2.38. The summed E-state index contributed by atoms with van der Waals surface area (Å²) < 4.78 is 26.8. The smallest absolute Gasteiger partial charge is 0.398 e. The van der Waals surface area contributed by atoms with Crippen molar-refractivity contribution in [3.8, 4) is 0 Å². The topological polar surface area (TPSA) is 44.2 Å². The first-order valence-electron chi connectivity index (χ1n) is 6.00. The molecule has 0 N–H and O–H groups in total. The van der Waals surface area contributed by atoms with Crippen LogP contribution in [0, 0.1) is 0 Å². The van der Waals surface area contributed by atoms with Gasteiger partial charge in [-0.2, -0.15) is 0 Å². The van der Waals surface area contributed by atoms with Gasteiger partial charge in [0.2, 0.25) is 0 Å². The zero-order valence-corrected chi connectivity index (χ0v) is 10.4. The summed E-state index contributed by atoms with van der Waals surface area (Å²) in [7, 11) is -0.795. The number of aromatic nitrogens is 2. The third kappa shape index (κ3) is 1.95. The Labute approximate surface area is 103 Å². The van der Waals surface area contributed by atoms with Crippen molar-refractivity contribution in [2.75, 3.05) is 0 Å². The molecule has 0 amide bonds. The Morgan fingerprint density at radius 1 is 1.19 bits per heavy atom. The highest BCUT2D eigenvalue weighted by Crippen LogP contribution is 2.36. The van der Waals surface area contributed by atoms with Gasteiger partial charge in [0.05, 0.1) is 25.7 Å². The van der Waals surface area contributed by atoms with Crippen LogP contribution in [0.3, 0.4) is 0 Å². The monoisotopic (exact) mass is 242 g/mol. The maximum absolute atomic E-state index is 7.73. The fourth-order valence-electron chi connectivity index (χ4n) is 1.32. The summed E-state index contributed by atoms with van der Waals surface area (Å²) in [6.45, 7) is 7.62. The van der Waals surface area contributed by atoms with Crippen LogP contribution >= 0.6 is 11.6 Å². The molecule has 0 bridgehead atoms. The minimum atomic E-state index is -0.795. The summed E-state index contributed by atoms with van der Waals surface area (Å²) in [5.41, 5.74) is -0.857. The fraction of sp³-hybridized carbons (Fsp3) is 0.600. The van der Waals surface area contributed by atoms with Crippen LogP contribution in [0.4, 0.5) is 0 Å². The highest BCUT2D eigenvalue weighted by atomic mass is 35.5. The molecule has 1 aromatic heterocycles. The molecule has 6 heteroatoms. The van der Waals surface area contributed by atoms with Gasteiger partial charge in [0.15, 0.2) is 0 Å². The lowest BCUT2D eigenvalue weighted by Gasteiger charge is -2.32. The van der Waals surface area contributed by atoms with Gasteiger partial charge in [-0.05, 0) is 27.7 Å². The summed E-state index contributed by atoms with van der Waals surface area (Å²) in [6, 6.07) is 0. The number of rotatable bonds is 1. The first-order chi connectivity index (χ1) is 8.14. The highest BCUT2D eigenvalue weighted by molar-refractivity contribution is 6.61. The molecule has 0 unspecified atom stereocenters. The van der Waals surface area contributed by atoms with Crippen LogP contribution < -0.4 is 5.59 Å². The van der Waals surface area contributed by atoms with Crippen molar-refractivity contribution in [2.45, 2.75) is 38.9 Å². The van der Waals surface area contributed by atoms with Gasteiger partial charge in [-0.15, -0.1) is 0 Å². The molecule has 2 rings (SSSR count). The van der Waals surface area contributed by atoms with Crippen LogP contribution in [0.15, 0.2) is 12.3 Å². The molecule has 0 saturated carbocycles. The van der Waals surface area contributed by atoms with Crippen LogP contribution in [0.5, 0.6) is 0 Å². The molecule has 0 aromatic carbocycles. The van der Waals surface area contributed by atoms with E-state index < -0.39 is 18.3 Å². The standard InChI is InChI=1S/C10H14BClN2O2/c1-9(2)10(3,4)16-11(15-9)7-5-14-8(12)6-13-7/h5-6H,1-4H3/i5D,6D. The molecule has 16 heavy (non-hydrogen) atoms. The van der Waals surface area contributed by atoms with E-state index in [1.165, 1.54) is 0 Å². The van der Waals surface area contributed by atoms with Crippen LogP contribution in [0.2, 0.25) is 5.15 Å². The molecule has 86 valence electrons. The number of hydrogen-bond acceptors (Lipinski definition) is 4. The molecule has 4 nitrogen and oxygen atoms in total. The maximum Gasteiger partial charge on any atom is 0.516 e. The average molecular weight is 243 g/mol. The molecule has 1 aliphatic rings. The molecule has 2 heterocycles. The molecule has 1 aromatic rings. The number of hydrogen-bond donors (Lipinski definition) is 0. The Morgan fingerprint density at radius 3 is 2.31 bits per heavy atom. The molecule has 0 radical (unpaired) electrons. The van der Waals surface area contributed by atoms with Crippen molar-refractivity contribution in [3.05, 3.63) is 17.5 Å². The summed E-state index contributed by atoms with van der Waals surface area (Å²) in [6.07, 6.45) is -0.313. The molecule has 1 fully saturated rings. The van der Waals surface area contributed by atoms with Crippen LogP contribution in [0.1, 0.15) is 30.4 Å². The van der Waals surface area contributed by atoms with E-state index in [4.69, 9.17) is 23.7 Å². The van der Waals surface area contributed by atoms with Gasteiger partial charge in [0, 0.05) is 6.17 Å². The van der Waals surface area contributed by atoms with E-state index in [1.807, 2.05) is 27.7 Å². The lowest BCUT2D eigenvalue weighted by Crippen LogP contribution is -2.41. The molecule has 1 aliphatic heterocycles. The van der Waals surface area contributed by atoms with Crippen molar-refractivity contribution in [3.63, 3.8) is 0 Å². The minimum absolute atomic E-state index is 0.0970. The lowest BCUT2D eigenvalue weighted by molar-refractivity contribution is 0.00578. The Kier molecular flexibility index (Phi) is 2.16. The molecule has 0 atom stereocenters. The van der Waals surface area contributed by atoms with E-state index in [2.05, 4.69) is 9.97 Å². The first-order valence-corrected chi connectivity index (χ1v) is 5.38. The molecular formula is C10H14BClN2O2. The predicted octanol–water partition coefficient (Wildman–Crippen LogP) is 1.43. The van der Waals surface area contributed by atoms with Crippen molar-refractivity contribution in [1.82, 2.24) is 9.97 Å². The van der Waals surface area contributed by atoms with Gasteiger partial charge in [0.1, 0.15) is 5.15 Å². The minimum Gasteiger partial charge on any atom is -0.398 e. The van der Waals surface area contributed by atoms with Gasteiger partial charge < -0.3 is 9.31 Å². The maximum atomic E-state index is 7.73. The van der Waals surface area contributed by atoms with Gasteiger partial charge >= 0.3 is 7.12 Å². The summed E-state index contributed by atoms with van der Waals surface area (Å²) in [5, 5.41) is -0.0970. The predicted molar refractivity (Wildman–Crippen MR) is 62.8 cm³/mol. The molecule has 0 aliphatic carbocycles.